The first kappa shape index (κ1) is 19.9. The minimum atomic E-state index is -3.34. The van der Waals surface area contributed by atoms with E-state index in [4.69, 9.17) is 9.39 Å². The number of fused-ring (bicyclic) bond motifs is 1. The molecule has 1 aliphatic heterocycles. The second-order valence-electron chi connectivity index (χ2n) is 7.42. The van der Waals surface area contributed by atoms with Crippen LogP contribution in [-0.4, -0.2) is 25.8 Å². The normalized spacial score (nSPS) is 15.1. The van der Waals surface area contributed by atoms with Crippen molar-refractivity contribution in [1.29, 1.82) is 0 Å². The number of hydrogen-bond acceptors (Lipinski definition) is 5. The molecule has 0 bridgehead atoms. The van der Waals surface area contributed by atoms with Gasteiger partial charge in [-0.05, 0) is 73.1 Å². The van der Waals surface area contributed by atoms with Crippen LogP contribution in [0.1, 0.15) is 39.2 Å². The molecule has 3 rings (SSSR count). The highest BCUT2D eigenvalue weighted by atomic mass is 32.2. The molecule has 1 atom stereocenters. The molecule has 0 aliphatic carbocycles. The van der Waals surface area contributed by atoms with Crippen LogP contribution in [0, 0.1) is 5.92 Å². The topological polar surface area (TPSA) is 72.8 Å². The molecule has 2 aromatic rings. The van der Waals surface area contributed by atoms with E-state index >= 15 is 0 Å². The third kappa shape index (κ3) is 4.54. The standard InChI is InChI=1S/C20H25BO5S/c1-14(2)4-5-15(3)27(23,24)19-9-6-17(7-10-19)26-18-8-11-20-16(12-18)13-25-21(20)22/h6-12,14-15,22H,4-5,13H2,1-3H3. The van der Waals surface area contributed by atoms with Gasteiger partial charge in [0.2, 0.25) is 0 Å². The molecular formula is C20H25BO5S. The van der Waals surface area contributed by atoms with E-state index in [1.54, 1.807) is 43.3 Å². The maximum Gasteiger partial charge on any atom is 0.491 e. The molecule has 0 amide bonds. The Kier molecular flexibility index (Phi) is 5.94. The van der Waals surface area contributed by atoms with Gasteiger partial charge in [0.1, 0.15) is 11.5 Å². The van der Waals surface area contributed by atoms with Gasteiger partial charge < -0.3 is 14.4 Å². The highest BCUT2D eigenvalue weighted by Gasteiger charge is 2.27. The predicted molar refractivity (Wildman–Crippen MR) is 106 cm³/mol. The van der Waals surface area contributed by atoms with Crippen molar-refractivity contribution in [1.82, 2.24) is 0 Å². The average Bonchev–Trinajstić information content (AvgIpc) is 3.00. The van der Waals surface area contributed by atoms with Crippen LogP contribution in [-0.2, 0) is 21.1 Å². The first-order chi connectivity index (χ1) is 12.8. The molecule has 7 heteroatoms. The fourth-order valence-electron chi connectivity index (χ4n) is 3.06. The van der Waals surface area contributed by atoms with E-state index in [-0.39, 0.29) is 0 Å². The monoisotopic (exact) mass is 388 g/mol. The molecule has 1 unspecified atom stereocenters. The summed E-state index contributed by atoms with van der Waals surface area (Å²) in [7, 11) is -4.22. The highest BCUT2D eigenvalue weighted by molar-refractivity contribution is 7.92. The van der Waals surface area contributed by atoms with Crippen LogP contribution in [0.3, 0.4) is 0 Å². The zero-order valence-electron chi connectivity index (χ0n) is 15.9. The Morgan fingerprint density at radius 2 is 1.74 bits per heavy atom. The Morgan fingerprint density at radius 1 is 1.07 bits per heavy atom. The van der Waals surface area contributed by atoms with Gasteiger partial charge in [-0.3, -0.25) is 0 Å². The maximum atomic E-state index is 12.7. The fraction of sp³-hybridized carbons (Fsp3) is 0.400. The SMILES string of the molecule is CC(C)CCC(C)S(=O)(=O)c1ccc(Oc2ccc3c(c2)COB3O)cc1. The molecule has 0 aromatic heterocycles. The van der Waals surface area contributed by atoms with Gasteiger partial charge in [0.25, 0.3) is 0 Å². The van der Waals surface area contributed by atoms with E-state index in [1.807, 2.05) is 6.07 Å². The Hall–Kier alpha value is -1.83. The number of rotatable bonds is 7. The molecule has 0 saturated heterocycles. The van der Waals surface area contributed by atoms with E-state index in [1.165, 1.54) is 0 Å². The van der Waals surface area contributed by atoms with E-state index in [9.17, 15) is 13.4 Å². The molecule has 144 valence electrons. The van der Waals surface area contributed by atoms with E-state index < -0.39 is 22.2 Å². The van der Waals surface area contributed by atoms with Crippen molar-refractivity contribution in [2.24, 2.45) is 5.92 Å². The van der Waals surface area contributed by atoms with Gasteiger partial charge in [-0.15, -0.1) is 0 Å². The van der Waals surface area contributed by atoms with Crippen molar-refractivity contribution in [2.45, 2.75) is 50.4 Å². The van der Waals surface area contributed by atoms with Crippen LogP contribution < -0.4 is 10.2 Å². The van der Waals surface area contributed by atoms with Crippen LogP contribution in [0.5, 0.6) is 11.5 Å². The first-order valence-corrected chi connectivity index (χ1v) is 10.8. The summed E-state index contributed by atoms with van der Waals surface area (Å²) in [5, 5.41) is 9.25. The van der Waals surface area contributed by atoms with Gasteiger partial charge in [-0.25, -0.2) is 8.42 Å². The molecule has 0 spiro atoms. The van der Waals surface area contributed by atoms with Gasteiger partial charge >= 0.3 is 7.12 Å². The molecule has 1 aliphatic rings. The summed E-state index contributed by atoms with van der Waals surface area (Å²) in [5.74, 6) is 1.66. The second kappa shape index (κ2) is 8.04. The third-order valence-corrected chi connectivity index (χ3v) is 7.07. The van der Waals surface area contributed by atoms with Crippen molar-refractivity contribution >= 4 is 22.4 Å². The molecule has 0 fully saturated rings. The van der Waals surface area contributed by atoms with E-state index in [0.29, 0.717) is 35.3 Å². The van der Waals surface area contributed by atoms with Crippen molar-refractivity contribution in [3.05, 3.63) is 48.0 Å². The number of sulfone groups is 1. The zero-order valence-corrected chi connectivity index (χ0v) is 16.7. The molecule has 1 heterocycles. The van der Waals surface area contributed by atoms with Crippen LogP contribution in [0.2, 0.25) is 0 Å². The van der Waals surface area contributed by atoms with E-state index in [2.05, 4.69) is 13.8 Å². The summed E-state index contributed by atoms with van der Waals surface area (Å²) in [6.45, 7) is 6.30. The summed E-state index contributed by atoms with van der Waals surface area (Å²) < 4.78 is 36.4. The molecular weight excluding hydrogens is 363 g/mol. The quantitative estimate of drug-likeness (QED) is 0.737. The largest absolute Gasteiger partial charge is 0.491 e. The lowest BCUT2D eigenvalue weighted by molar-refractivity contribution is 0.275. The average molecular weight is 388 g/mol. The molecule has 1 N–H and O–H groups in total. The Labute approximate surface area is 161 Å². The Balaban J connectivity index is 1.70. The molecule has 0 radical (unpaired) electrons. The van der Waals surface area contributed by atoms with Crippen LogP contribution in [0.15, 0.2) is 47.4 Å². The molecule has 0 saturated carbocycles. The van der Waals surface area contributed by atoms with Crippen LogP contribution in [0.25, 0.3) is 0 Å². The Morgan fingerprint density at radius 3 is 2.41 bits per heavy atom. The van der Waals surface area contributed by atoms with Crippen molar-refractivity contribution in [3.8, 4) is 11.5 Å². The highest BCUT2D eigenvalue weighted by Crippen LogP contribution is 2.27. The lowest BCUT2D eigenvalue weighted by atomic mass is 9.80. The fourth-order valence-corrected chi connectivity index (χ4v) is 4.49. The van der Waals surface area contributed by atoms with Gasteiger partial charge in [0.15, 0.2) is 9.84 Å². The maximum absolute atomic E-state index is 12.7. The second-order valence-corrected chi connectivity index (χ2v) is 9.79. The number of hydrogen-bond donors (Lipinski definition) is 1. The lowest BCUT2D eigenvalue weighted by Crippen LogP contribution is -2.27. The Bertz CT molecular complexity index is 893. The van der Waals surface area contributed by atoms with Crippen LogP contribution >= 0.6 is 0 Å². The lowest BCUT2D eigenvalue weighted by Gasteiger charge is -2.15. The zero-order chi connectivity index (χ0) is 19.6. The van der Waals surface area contributed by atoms with Gasteiger partial charge in [-0.2, -0.15) is 0 Å². The van der Waals surface area contributed by atoms with Gasteiger partial charge in [-0.1, -0.05) is 19.9 Å². The summed E-state index contributed by atoms with van der Waals surface area (Å²) in [6, 6.07) is 11.9. The van der Waals surface area contributed by atoms with Gasteiger partial charge in [0, 0.05) is 0 Å². The summed E-state index contributed by atoms with van der Waals surface area (Å²) in [4.78, 5) is 0.316. The van der Waals surface area contributed by atoms with Crippen molar-refractivity contribution in [2.75, 3.05) is 0 Å². The molecule has 27 heavy (non-hydrogen) atoms. The van der Waals surface area contributed by atoms with Gasteiger partial charge in [0.05, 0.1) is 16.8 Å². The third-order valence-electron chi connectivity index (χ3n) is 4.85. The minimum Gasteiger partial charge on any atom is -0.457 e. The number of ether oxygens (including phenoxy) is 1. The number of benzene rings is 2. The van der Waals surface area contributed by atoms with Crippen molar-refractivity contribution < 1.29 is 22.8 Å². The summed E-state index contributed by atoms with van der Waals surface area (Å²) in [6.07, 6.45) is 1.54. The first-order valence-electron chi connectivity index (χ1n) is 9.21. The molecule has 2 aromatic carbocycles. The summed E-state index contributed by atoms with van der Waals surface area (Å²) in [5.41, 5.74) is 1.64. The predicted octanol–water partition coefficient (Wildman–Crippen LogP) is 3.30. The smallest absolute Gasteiger partial charge is 0.457 e. The summed E-state index contributed by atoms with van der Waals surface area (Å²) >= 11 is 0. The minimum absolute atomic E-state index is 0.316. The van der Waals surface area contributed by atoms with Crippen LogP contribution in [0.4, 0.5) is 0 Å². The van der Waals surface area contributed by atoms with E-state index in [0.717, 1.165) is 17.4 Å². The molecule has 5 nitrogen and oxygen atoms in total. The van der Waals surface area contributed by atoms with Crippen molar-refractivity contribution in [3.63, 3.8) is 0 Å².